The SMILES string of the molecule is CCN=C(N)N.O=C(O)C(Cc1ccc(NC=C2CCC2)cc1)NC(=O)C1CCCN1.c1ccc(C2CO2)cc1. The maximum Gasteiger partial charge on any atom is 0.326 e. The van der Waals surface area contributed by atoms with Crippen molar-refractivity contribution < 1.29 is 19.4 Å². The topological polar surface area (TPSA) is 167 Å². The first-order chi connectivity index (χ1) is 19.4. The molecule has 3 atom stereocenters. The van der Waals surface area contributed by atoms with Crippen LogP contribution in [0, 0.1) is 0 Å². The van der Waals surface area contributed by atoms with E-state index in [-0.39, 0.29) is 24.3 Å². The number of carbonyl (C=O) groups is 2. The van der Waals surface area contributed by atoms with Crippen LogP contribution in [0.2, 0.25) is 0 Å². The normalized spacial score (nSPS) is 19.3. The Bertz CT molecular complexity index is 1120. The van der Waals surface area contributed by atoms with Crippen LogP contribution in [-0.2, 0) is 20.7 Å². The third-order valence-corrected chi connectivity index (χ3v) is 6.67. The van der Waals surface area contributed by atoms with Crippen LogP contribution in [0.5, 0.6) is 0 Å². The standard InChI is InChI=1S/C19H25N3O3.C8H8O.C3H9N3/c23-18(16-5-2-10-20-16)22-17(19(24)25)11-13-6-8-15(9-7-13)21-12-14-3-1-4-14;1-2-4-7(5-3-1)8-6-9-8;1-2-6-3(4)5/h6-9,12,16-17,20-21H,1-5,10-11H2,(H,22,23)(H,24,25);1-5,8H,6H2;2H2,1H3,(H4,4,5,6). The Balaban J connectivity index is 0.000000238. The van der Waals surface area contributed by atoms with Crippen molar-refractivity contribution in [2.24, 2.45) is 16.5 Å². The summed E-state index contributed by atoms with van der Waals surface area (Å²) in [5.74, 6) is -1.07. The second-order valence-electron chi connectivity index (χ2n) is 9.88. The highest BCUT2D eigenvalue weighted by Crippen LogP contribution is 2.28. The zero-order valence-electron chi connectivity index (χ0n) is 23.1. The summed E-state index contributed by atoms with van der Waals surface area (Å²) in [4.78, 5) is 27.2. The molecule has 2 heterocycles. The number of epoxide rings is 1. The molecule has 0 spiro atoms. The third-order valence-electron chi connectivity index (χ3n) is 6.67. The molecule has 5 rings (SSSR count). The number of amides is 1. The lowest BCUT2D eigenvalue weighted by Crippen LogP contribution is -2.49. The number of ether oxygens (including phenoxy) is 1. The molecule has 10 nitrogen and oxygen atoms in total. The number of nitrogens with two attached hydrogens (primary N) is 2. The van der Waals surface area contributed by atoms with Crippen LogP contribution < -0.4 is 27.4 Å². The summed E-state index contributed by atoms with van der Waals surface area (Å²) in [5, 5.41) is 18.4. The fourth-order valence-corrected chi connectivity index (χ4v) is 4.15. The molecule has 0 bridgehead atoms. The van der Waals surface area contributed by atoms with Crippen molar-refractivity contribution in [3.05, 3.63) is 77.5 Å². The van der Waals surface area contributed by atoms with Gasteiger partial charge in [0.2, 0.25) is 5.91 Å². The predicted octanol–water partition coefficient (Wildman–Crippen LogP) is 3.07. The van der Waals surface area contributed by atoms with Gasteiger partial charge in [0.1, 0.15) is 12.1 Å². The molecule has 1 aliphatic carbocycles. The molecule has 40 heavy (non-hydrogen) atoms. The summed E-state index contributed by atoms with van der Waals surface area (Å²) in [6, 6.07) is 16.8. The van der Waals surface area contributed by atoms with E-state index in [2.05, 4.69) is 33.1 Å². The zero-order valence-corrected chi connectivity index (χ0v) is 23.1. The van der Waals surface area contributed by atoms with E-state index in [0.29, 0.717) is 12.6 Å². The number of carboxylic acid groups (broad SMARTS) is 1. The smallest absolute Gasteiger partial charge is 0.326 e. The molecule has 1 saturated carbocycles. The lowest BCUT2D eigenvalue weighted by atomic mass is 9.93. The van der Waals surface area contributed by atoms with E-state index < -0.39 is 12.0 Å². The minimum Gasteiger partial charge on any atom is -0.480 e. The van der Waals surface area contributed by atoms with Crippen LogP contribution >= 0.6 is 0 Å². The minimum absolute atomic E-state index is 0.164. The van der Waals surface area contributed by atoms with Crippen molar-refractivity contribution in [3.63, 3.8) is 0 Å². The molecule has 0 aromatic heterocycles. The van der Waals surface area contributed by atoms with Crippen LogP contribution in [0.1, 0.15) is 56.3 Å². The minimum atomic E-state index is -1.01. The number of rotatable bonds is 9. The van der Waals surface area contributed by atoms with Gasteiger partial charge in [-0.1, -0.05) is 48.0 Å². The number of guanidine groups is 1. The molecule has 2 aromatic carbocycles. The Kier molecular flexibility index (Phi) is 12.5. The summed E-state index contributed by atoms with van der Waals surface area (Å²) >= 11 is 0. The van der Waals surface area contributed by atoms with Gasteiger partial charge in [-0.2, -0.15) is 0 Å². The first-order valence-electron chi connectivity index (χ1n) is 13.9. The molecule has 0 radical (unpaired) electrons. The molecule has 3 unspecified atom stereocenters. The van der Waals surface area contributed by atoms with E-state index in [1.807, 2.05) is 55.6 Å². The highest BCUT2D eigenvalue weighted by Gasteiger charge is 2.27. The van der Waals surface area contributed by atoms with E-state index >= 15 is 0 Å². The number of nitrogens with one attached hydrogen (secondary N) is 3. The van der Waals surface area contributed by atoms with Crippen LogP contribution in [0.25, 0.3) is 0 Å². The highest BCUT2D eigenvalue weighted by molar-refractivity contribution is 5.87. The molecule has 8 N–H and O–H groups in total. The van der Waals surface area contributed by atoms with Gasteiger partial charge in [0, 0.05) is 24.9 Å². The maximum atomic E-state index is 12.1. The van der Waals surface area contributed by atoms with Crippen molar-refractivity contribution in [1.29, 1.82) is 0 Å². The first kappa shape index (κ1) is 30.6. The number of aliphatic carboxylic acids is 1. The Morgan fingerprint density at radius 3 is 2.30 bits per heavy atom. The van der Waals surface area contributed by atoms with E-state index in [4.69, 9.17) is 16.2 Å². The van der Waals surface area contributed by atoms with Crippen LogP contribution in [0.15, 0.2) is 71.4 Å². The van der Waals surface area contributed by atoms with Crippen molar-refractivity contribution in [1.82, 2.24) is 10.6 Å². The summed E-state index contributed by atoms with van der Waals surface area (Å²) in [5.41, 5.74) is 14.5. The fourth-order valence-electron chi connectivity index (χ4n) is 4.15. The van der Waals surface area contributed by atoms with Crippen LogP contribution in [0.4, 0.5) is 5.69 Å². The molecule has 216 valence electrons. The van der Waals surface area contributed by atoms with Gasteiger partial charge < -0.3 is 37.3 Å². The van der Waals surface area contributed by atoms with Gasteiger partial charge in [0.15, 0.2) is 5.96 Å². The number of nitrogens with zero attached hydrogens (tertiary/aromatic N) is 1. The van der Waals surface area contributed by atoms with Gasteiger partial charge in [0.25, 0.3) is 0 Å². The van der Waals surface area contributed by atoms with E-state index in [1.165, 1.54) is 30.4 Å². The lowest BCUT2D eigenvalue weighted by Gasteiger charge is -2.18. The molecule has 3 fully saturated rings. The Morgan fingerprint density at radius 1 is 1.12 bits per heavy atom. The average molecular weight is 551 g/mol. The first-order valence-corrected chi connectivity index (χ1v) is 13.9. The number of allylic oxidation sites excluding steroid dienone is 1. The molecule has 3 aliphatic rings. The van der Waals surface area contributed by atoms with E-state index in [1.54, 1.807) is 0 Å². The summed E-state index contributed by atoms with van der Waals surface area (Å²) in [6.07, 6.45) is 8.04. The fraction of sp³-hybridized carbons (Fsp3) is 0.433. The molecular formula is C30H42N6O4. The number of hydrogen-bond acceptors (Lipinski definition) is 6. The number of aliphatic imine (C=N–C) groups is 1. The zero-order chi connectivity index (χ0) is 28.7. The van der Waals surface area contributed by atoms with Gasteiger partial charge in [-0.3, -0.25) is 9.79 Å². The van der Waals surface area contributed by atoms with Gasteiger partial charge >= 0.3 is 5.97 Å². The maximum absolute atomic E-state index is 12.1. The summed E-state index contributed by atoms with van der Waals surface area (Å²) in [6.45, 7) is 4.26. The third kappa shape index (κ3) is 11.1. The van der Waals surface area contributed by atoms with Crippen molar-refractivity contribution in [3.8, 4) is 0 Å². The lowest BCUT2D eigenvalue weighted by molar-refractivity contribution is -0.142. The van der Waals surface area contributed by atoms with E-state index in [9.17, 15) is 14.7 Å². The van der Waals surface area contributed by atoms with Gasteiger partial charge in [-0.05, 0) is 68.8 Å². The Labute approximate surface area is 236 Å². The number of hydrogen-bond donors (Lipinski definition) is 6. The summed E-state index contributed by atoms with van der Waals surface area (Å²) in [7, 11) is 0. The largest absolute Gasteiger partial charge is 0.480 e. The average Bonchev–Trinajstić information content (AvgIpc) is 3.62. The van der Waals surface area contributed by atoms with Crippen LogP contribution in [-0.4, -0.2) is 54.7 Å². The van der Waals surface area contributed by atoms with Gasteiger partial charge in [0.05, 0.1) is 12.6 Å². The van der Waals surface area contributed by atoms with Crippen molar-refractivity contribution in [2.75, 3.05) is 25.0 Å². The predicted molar refractivity (Wildman–Crippen MR) is 158 cm³/mol. The number of carboxylic acids is 1. The second kappa shape index (κ2) is 16.3. The molecule has 10 heteroatoms. The summed E-state index contributed by atoms with van der Waals surface area (Å²) < 4.78 is 5.09. The monoisotopic (exact) mass is 550 g/mol. The van der Waals surface area contributed by atoms with Gasteiger partial charge in [-0.25, -0.2) is 4.79 Å². The van der Waals surface area contributed by atoms with Crippen molar-refractivity contribution >= 4 is 23.5 Å². The number of benzene rings is 2. The Morgan fingerprint density at radius 2 is 1.82 bits per heavy atom. The molecule has 2 aromatic rings. The van der Waals surface area contributed by atoms with Gasteiger partial charge in [-0.15, -0.1) is 0 Å². The highest BCUT2D eigenvalue weighted by atomic mass is 16.6. The molecular weight excluding hydrogens is 508 g/mol. The van der Waals surface area contributed by atoms with Crippen molar-refractivity contribution in [2.45, 2.75) is 63.6 Å². The Hall–Kier alpha value is -3.89. The molecule has 2 aliphatic heterocycles. The quantitative estimate of drug-likeness (QED) is 0.157. The van der Waals surface area contributed by atoms with E-state index in [0.717, 1.165) is 37.2 Å². The van der Waals surface area contributed by atoms with Crippen LogP contribution in [0.3, 0.4) is 0 Å². The number of anilines is 1. The second-order valence-corrected chi connectivity index (χ2v) is 9.88. The molecule has 2 saturated heterocycles. The number of carbonyl (C=O) groups excluding carboxylic acids is 1. The molecule has 1 amide bonds.